The first-order valence-corrected chi connectivity index (χ1v) is 12.8. The Balaban J connectivity index is 1.82. The molecule has 0 unspecified atom stereocenters. The lowest BCUT2D eigenvalue weighted by Gasteiger charge is -2.25. The Morgan fingerprint density at radius 1 is 1.03 bits per heavy atom. The van der Waals surface area contributed by atoms with Crippen LogP contribution in [0.5, 0.6) is 0 Å². The van der Waals surface area contributed by atoms with E-state index in [2.05, 4.69) is 97.2 Å². The molecule has 0 saturated carbocycles. The zero-order chi connectivity index (χ0) is 25.1. The number of allylic oxidation sites excluding steroid dienone is 4. The average molecular weight is 478 g/mol. The number of hydrogen-bond acceptors (Lipinski definition) is 3. The summed E-state index contributed by atoms with van der Waals surface area (Å²) >= 11 is 1.78. The smallest absolute Gasteiger partial charge is 0.153 e. The van der Waals surface area contributed by atoms with Gasteiger partial charge in [-0.2, -0.15) is 0 Å². The summed E-state index contributed by atoms with van der Waals surface area (Å²) in [5.74, 6) is 0. The molecule has 0 aliphatic carbocycles. The van der Waals surface area contributed by atoms with Crippen molar-refractivity contribution in [3.05, 3.63) is 95.0 Å². The van der Waals surface area contributed by atoms with Crippen molar-refractivity contribution >= 4 is 48.9 Å². The van der Waals surface area contributed by atoms with Gasteiger partial charge in [-0.25, -0.2) is 0 Å². The van der Waals surface area contributed by atoms with Crippen molar-refractivity contribution in [3.63, 3.8) is 0 Å². The first kappa shape index (κ1) is 23.3. The van der Waals surface area contributed by atoms with E-state index >= 15 is 0 Å². The first-order valence-electron chi connectivity index (χ1n) is 11.9. The van der Waals surface area contributed by atoms with Gasteiger partial charge in [-0.05, 0) is 78.1 Å². The number of fused-ring (bicyclic) bond motifs is 5. The summed E-state index contributed by atoms with van der Waals surface area (Å²) in [6.45, 7) is 21.3. The molecule has 0 aliphatic heterocycles. The second-order valence-corrected chi connectivity index (χ2v) is 11.7. The fourth-order valence-corrected chi connectivity index (χ4v) is 5.97. The molecule has 0 fully saturated rings. The van der Waals surface area contributed by atoms with E-state index in [4.69, 9.17) is 9.40 Å². The molecule has 0 spiro atoms. The Morgan fingerprint density at radius 3 is 2.46 bits per heavy atom. The molecule has 0 N–H and O–H groups in total. The second kappa shape index (κ2) is 8.35. The number of aromatic nitrogens is 1. The van der Waals surface area contributed by atoms with Crippen molar-refractivity contribution in [1.29, 1.82) is 0 Å². The van der Waals surface area contributed by atoms with Gasteiger partial charge in [0, 0.05) is 27.4 Å². The molecular weight excluding hydrogens is 446 g/mol. The maximum absolute atomic E-state index is 6.60. The van der Waals surface area contributed by atoms with E-state index in [1.807, 2.05) is 12.3 Å². The molecule has 3 heterocycles. The summed E-state index contributed by atoms with van der Waals surface area (Å²) in [6.07, 6.45) is 3.93. The highest BCUT2D eigenvalue weighted by molar-refractivity contribution is 7.19. The van der Waals surface area contributed by atoms with Gasteiger partial charge in [-0.3, -0.25) is 4.98 Å². The van der Waals surface area contributed by atoms with Gasteiger partial charge in [0.2, 0.25) is 0 Å². The SMILES string of the molecule is C=C/C(C)=C(\C(=C)C)c1cc(-c2cccc3c2oc2c3ccc3cc(C)sc32)ncc1C(C)(C)C. The van der Waals surface area contributed by atoms with Crippen LogP contribution in [0.1, 0.15) is 50.6 Å². The van der Waals surface area contributed by atoms with Gasteiger partial charge in [-0.15, -0.1) is 11.3 Å². The third-order valence-corrected chi connectivity index (χ3v) is 7.72. The van der Waals surface area contributed by atoms with Crippen LogP contribution in [0.3, 0.4) is 0 Å². The molecule has 2 nitrogen and oxygen atoms in total. The fraction of sp³-hybridized carbons (Fsp3) is 0.219. The Hall–Kier alpha value is -3.43. The summed E-state index contributed by atoms with van der Waals surface area (Å²) < 4.78 is 7.81. The van der Waals surface area contributed by atoms with Crippen LogP contribution in [-0.2, 0) is 5.41 Å². The molecule has 0 atom stereocenters. The molecular formula is C32H31NOS. The van der Waals surface area contributed by atoms with Crippen LogP contribution in [-0.4, -0.2) is 4.98 Å². The monoisotopic (exact) mass is 477 g/mol. The molecule has 5 aromatic rings. The van der Waals surface area contributed by atoms with E-state index in [0.717, 1.165) is 55.5 Å². The topological polar surface area (TPSA) is 26.0 Å². The third-order valence-electron chi connectivity index (χ3n) is 6.66. The normalized spacial score (nSPS) is 13.0. The van der Waals surface area contributed by atoms with Crippen molar-refractivity contribution in [3.8, 4) is 11.3 Å². The minimum absolute atomic E-state index is 0.0724. The Bertz CT molecular complexity index is 1680. The van der Waals surface area contributed by atoms with E-state index in [1.54, 1.807) is 11.3 Å². The minimum Gasteiger partial charge on any atom is -0.454 e. The molecule has 0 amide bonds. The molecule has 5 rings (SSSR count). The van der Waals surface area contributed by atoms with Gasteiger partial charge in [-0.1, -0.05) is 63.8 Å². The second-order valence-electron chi connectivity index (χ2n) is 10.4. The average Bonchev–Trinajstić information content (AvgIpc) is 3.37. The molecule has 176 valence electrons. The maximum Gasteiger partial charge on any atom is 0.153 e. The lowest BCUT2D eigenvalue weighted by atomic mass is 9.80. The van der Waals surface area contributed by atoms with Crippen molar-refractivity contribution in [2.24, 2.45) is 0 Å². The number of benzene rings is 2. The predicted molar refractivity (Wildman–Crippen MR) is 153 cm³/mol. The Kier molecular flexibility index (Phi) is 5.56. The number of thiophene rings is 1. The van der Waals surface area contributed by atoms with Crippen molar-refractivity contribution in [1.82, 2.24) is 4.98 Å². The molecule has 2 aromatic carbocycles. The summed E-state index contributed by atoms with van der Waals surface area (Å²) in [5.41, 5.74) is 9.25. The number of aryl methyl sites for hydroxylation is 1. The lowest BCUT2D eigenvalue weighted by molar-refractivity contribution is 0.586. The zero-order valence-corrected chi connectivity index (χ0v) is 22.2. The van der Waals surface area contributed by atoms with E-state index in [0.29, 0.717) is 0 Å². The Labute approximate surface area is 211 Å². The van der Waals surface area contributed by atoms with Crippen LogP contribution in [0.25, 0.3) is 48.9 Å². The number of rotatable bonds is 4. The van der Waals surface area contributed by atoms with Crippen molar-refractivity contribution < 1.29 is 4.42 Å². The maximum atomic E-state index is 6.60. The van der Waals surface area contributed by atoms with Crippen LogP contribution in [0.2, 0.25) is 0 Å². The largest absolute Gasteiger partial charge is 0.454 e. The van der Waals surface area contributed by atoms with Gasteiger partial charge in [0.05, 0.1) is 10.4 Å². The molecule has 0 aliphatic rings. The lowest BCUT2D eigenvalue weighted by Crippen LogP contribution is -2.15. The van der Waals surface area contributed by atoms with Gasteiger partial charge >= 0.3 is 0 Å². The van der Waals surface area contributed by atoms with Gasteiger partial charge in [0.25, 0.3) is 0 Å². The van der Waals surface area contributed by atoms with Crippen LogP contribution >= 0.6 is 11.3 Å². The number of para-hydroxylation sites is 1. The zero-order valence-electron chi connectivity index (χ0n) is 21.4. The van der Waals surface area contributed by atoms with Crippen molar-refractivity contribution in [2.75, 3.05) is 0 Å². The molecule has 3 heteroatoms. The van der Waals surface area contributed by atoms with E-state index in [-0.39, 0.29) is 5.41 Å². The third kappa shape index (κ3) is 3.84. The van der Waals surface area contributed by atoms with Gasteiger partial charge in [0.1, 0.15) is 5.58 Å². The summed E-state index contributed by atoms with van der Waals surface area (Å²) in [5, 5.41) is 3.49. The first-order chi connectivity index (χ1) is 16.6. The minimum atomic E-state index is -0.0724. The fourth-order valence-electron chi connectivity index (χ4n) is 4.97. The standard InChI is InChI=1S/C32H31NOS/c1-9-19(4)28(18(2)3)25-16-27(33-17-26(25)32(6,7)8)24-12-10-11-22-23-14-13-21-15-20(5)35-31(21)30(23)34-29(22)24/h9-17H,1-2H2,3-8H3/b28-19+. The van der Waals surface area contributed by atoms with E-state index < -0.39 is 0 Å². The number of hydrogen-bond donors (Lipinski definition) is 0. The number of nitrogens with zero attached hydrogens (tertiary/aromatic N) is 1. The van der Waals surface area contributed by atoms with Crippen LogP contribution in [0.4, 0.5) is 0 Å². The molecule has 35 heavy (non-hydrogen) atoms. The van der Waals surface area contributed by atoms with Crippen LogP contribution in [0, 0.1) is 6.92 Å². The summed E-state index contributed by atoms with van der Waals surface area (Å²) in [7, 11) is 0. The highest BCUT2D eigenvalue weighted by Gasteiger charge is 2.24. The van der Waals surface area contributed by atoms with Gasteiger partial charge in [0.15, 0.2) is 5.58 Å². The van der Waals surface area contributed by atoms with Crippen molar-refractivity contribution in [2.45, 2.75) is 47.0 Å². The van der Waals surface area contributed by atoms with E-state index in [1.165, 1.54) is 20.5 Å². The molecule has 0 saturated heterocycles. The number of pyridine rings is 1. The predicted octanol–water partition coefficient (Wildman–Crippen LogP) is 10.0. The molecule has 0 bridgehead atoms. The summed E-state index contributed by atoms with van der Waals surface area (Å²) in [6, 6.07) is 15.1. The quantitative estimate of drug-likeness (QED) is 0.241. The Morgan fingerprint density at radius 2 is 1.77 bits per heavy atom. The summed E-state index contributed by atoms with van der Waals surface area (Å²) in [4.78, 5) is 6.24. The van der Waals surface area contributed by atoms with Gasteiger partial charge < -0.3 is 4.42 Å². The van der Waals surface area contributed by atoms with E-state index in [9.17, 15) is 0 Å². The highest BCUT2D eigenvalue weighted by atomic mass is 32.1. The molecule has 3 aromatic heterocycles. The number of furan rings is 1. The van der Waals surface area contributed by atoms with Crippen LogP contribution in [0.15, 0.2) is 83.5 Å². The van der Waals surface area contributed by atoms with Crippen LogP contribution < -0.4 is 0 Å². The highest BCUT2D eigenvalue weighted by Crippen LogP contribution is 2.42. The molecule has 0 radical (unpaired) electrons.